The molecule has 0 saturated heterocycles. The van der Waals surface area contributed by atoms with Crippen LogP contribution in [0.25, 0.3) is 0 Å². The number of nitrogens with two attached hydrogens (primary N) is 1. The van der Waals surface area contributed by atoms with Crippen molar-refractivity contribution in [2.45, 2.75) is 25.4 Å². The molecule has 0 aromatic heterocycles. The molecule has 1 rings (SSSR count). The first-order valence-corrected chi connectivity index (χ1v) is 6.26. The van der Waals surface area contributed by atoms with Crippen LogP contribution in [0.4, 0.5) is 0 Å². The van der Waals surface area contributed by atoms with Crippen LogP contribution in [-0.2, 0) is 4.79 Å². The van der Waals surface area contributed by atoms with Crippen molar-refractivity contribution in [2.75, 3.05) is 0 Å². The number of rotatable bonds is 5. The Balaban J connectivity index is 2.66. The van der Waals surface area contributed by atoms with Gasteiger partial charge in [0.15, 0.2) is 0 Å². The Morgan fingerprint density at radius 3 is 2.82 bits per heavy atom. The van der Waals surface area contributed by atoms with Gasteiger partial charge in [-0.25, -0.2) is 0 Å². The fourth-order valence-corrected chi connectivity index (χ4v) is 2.14. The highest BCUT2D eigenvalue weighted by Gasteiger charge is 2.16. The summed E-state index contributed by atoms with van der Waals surface area (Å²) in [5.41, 5.74) is 6.73. The van der Waals surface area contributed by atoms with Crippen LogP contribution >= 0.6 is 15.9 Å². The van der Waals surface area contributed by atoms with Gasteiger partial charge in [0.2, 0.25) is 5.91 Å². The van der Waals surface area contributed by atoms with Crippen LogP contribution in [0.5, 0.6) is 0 Å². The van der Waals surface area contributed by atoms with Crippen molar-refractivity contribution in [3.63, 3.8) is 0 Å². The molecule has 1 amide bonds. The fraction of sp³-hybridized carbons (Fsp3) is 0.308. The molecule has 17 heavy (non-hydrogen) atoms. The van der Waals surface area contributed by atoms with E-state index in [2.05, 4.69) is 27.8 Å². The van der Waals surface area contributed by atoms with E-state index in [0.717, 1.165) is 10.0 Å². The molecule has 0 fully saturated rings. The smallest absolute Gasteiger partial charge is 0.237 e. The van der Waals surface area contributed by atoms with E-state index in [1.807, 2.05) is 31.2 Å². The normalized spacial score (nSPS) is 13.8. The first kappa shape index (κ1) is 13.9. The zero-order valence-electron chi connectivity index (χ0n) is 9.82. The summed E-state index contributed by atoms with van der Waals surface area (Å²) >= 11 is 3.46. The highest BCUT2D eigenvalue weighted by atomic mass is 79.9. The zero-order valence-corrected chi connectivity index (χ0v) is 11.4. The molecule has 0 saturated carbocycles. The van der Waals surface area contributed by atoms with Crippen molar-refractivity contribution in [3.8, 4) is 0 Å². The van der Waals surface area contributed by atoms with Crippen LogP contribution in [-0.4, -0.2) is 11.9 Å². The minimum absolute atomic E-state index is 0.0751. The van der Waals surface area contributed by atoms with E-state index in [0.29, 0.717) is 6.42 Å². The van der Waals surface area contributed by atoms with E-state index in [-0.39, 0.29) is 11.9 Å². The second-order valence-corrected chi connectivity index (χ2v) is 4.74. The number of halogens is 1. The van der Waals surface area contributed by atoms with Crippen LogP contribution in [0.2, 0.25) is 0 Å². The molecule has 0 radical (unpaired) electrons. The third kappa shape index (κ3) is 3.98. The zero-order chi connectivity index (χ0) is 12.8. The predicted molar refractivity (Wildman–Crippen MR) is 73.5 cm³/mol. The molecule has 1 aromatic carbocycles. The second-order valence-electron chi connectivity index (χ2n) is 3.88. The molecule has 0 heterocycles. The standard InChI is InChI=1S/C13H17BrN2O/c1-3-6-12(15)13(17)16-9(2)10-7-4-5-8-11(10)14/h3-5,7-9,12H,1,6,15H2,2H3,(H,16,17). The quantitative estimate of drug-likeness (QED) is 0.821. The summed E-state index contributed by atoms with van der Waals surface area (Å²) < 4.78 is 0.977. The van der Waals surface area contributed by atoms with Crippen LogP contribution in [0.3, 0.4) is 0 Å². The van der Waals surface area contributed by atoms with Gasteiger partial charge in [0.1, 0.15) is 0 Å². The summed E-state index contributed by atoms with van der Waals surface area (Å²) in [5, 5.41) is 2.88. The van der Waals surface area contributed by atoms with Crippen LogP contribution in [0, 0.1) is 0 Å². The van der Waals surface area contributed by atoms with Crippen molar-refractivity contribution >= 4 is 21.8 Å². The lowest BCUT2D eigenvalue weighted by Gasteiger charge is -2.18. The number of hydrogen-bond donors (Lipinski definition) is 2. The second kappa shape index (κ2) is 6.57. The maximum Gasteiger partial charge on any atom is 0.237 e. The van der Waals surface area contributed by atoms with Gasteiger partial charge in [-0.3, -0.25) is 4.79 Å². The number of nitrogens with one attached hydrogen (secondary N) is 1. The van der Waals surface area contributed by atoms with Gasteiger partial charge in [-0.05, 0) is 25.0 Å². The summed E-state index contributed by atoms with van der Waals surface area (Å²) in [7, 11) is 0. The third-order valence-electron chi connectivity index (χ3n) is 2.49. The van der Waals surface area contributed by atoms with Crippen molar-refractivity contribution in [2.24, 2.45) is 5.73 Å². The minimum Gasteiger partial charge on any atom is -0.348 e. The van der Waals surface area contributed by atoms with Gasteiger partial charge in [0.25, 0.3) is 0 Å². The van der Waals surface area contributed by atoms with Gasteiger partial charge in [0, 0.05) is 4.47 Å². The van der Waals surface area contributed by atoms with Gasteiger partial charge in [-0.2, -0.15) is 0 Å². The lowest BCUT2D eigenvalue weighted by Crippen LogP contribution is -2.41. The predicted octanol–water partition coefficient (Wildman–Crippen LogP) is 2.53. The van der Waals surface area contributed by atoms with Gasteiger partial charge >= 0.3 is 0 Å². The molecular formula is C13H17BrN2O. The Morgan fingerprint density at radius 1 is 1.59 bits per heavy atom. The molecule has 3 N–H and O–H groups in total. The van der Waals surface area contributed by atoms with Crippen LogP contribution in [0.15, 0.2) is 41.4 Å². The van der Waals surface area contributed by atoms with Crippen molar-refractivity contribution in [3.05, 3.63) is 47.0 Å². The Labute approximate surface area is 110 Å². The average molecular weight is 297 g/mol. The summed E-state index contributed by atoms with van der Waals surface area (Å²) in [4.78, 5) is 11.7. The molecule has 2 unspecified atom stereocenters. The lowest BCUT2D eigenvalue weighted by molar-refractivity contribution is -0.122. The van der Waals surface area contributed by atoms with E-state index in [1.165, 1.54) is 0 Å². The largest absolute Gasteiger partial charge is 0.348 e. The fourth-order valence-electron chi connectivity index (χ4n) is 1.51. The molecule has 0 aliphatic heterocycles. The molecule has 1 aromatic rings. The molecule has 92 valence electrons. The molecule has 4 heteroatoms. The van der Waals surface area contributed by atoms with Crippen molar-refractivity contribution in [1.82, 2.24) is 5.32 Å². The monoisotopic (exact) mass is 296 g/mol. The summed E-state index contributed by atoms with van der Waals surface area (Å²) in [6.07, 6.45) is 2.13. The average Bonchev–Trinajstić information content (AvgIpc) is 2.29. The summed E-state index contributed by atoms with van der Waals surface area (Å²) in [5.74, 6) is -0.159. The maximum absolute atomic E-state index is 11.7. The van der Waals surface area contributed by atoms with Crippen molar-refractivity contribution < 1.29 is 4.79 Å². The molecule has 0 aliphatic rings. The SMILES string of the molecule is C=CCC(N)C(=O)NC(C)c1ccccc1Br. The van der Waals surface area contributed by atoms with E-state index in [1.54, 1.807) is 6.08 Å². The molecular weight excluding hydrogens is 280 g/mol. The molecule has 0 aliphatic carbocycles. The summed E-state index contributed by atoms with van der Waals surface area (Å²) in [6, 6.07) is 7.18. The van der Waals surface area contributed by atoms with Gasteiger partial charge < -0.3 is 11.1 Å². The van der Waals surface area contributed by atoms with E-state index < -0.39 is 6.04 Å². The third-order valence-corrected chi connectivity index (χ3v) is 3.21. The number of carbonyl (C=O) groups is 1. The number of hydrogen-bond acceptors (Lipinski definition) is 2. The number of benzene rings is 1. The Hall–Kier alpha value is -1.13. The maximum atomic E-state index is 11.7. The molecule has 0 bridgehead atoms. The van der Waals surface area contributed by atoms with Gasteiger partial charge in [0.05, 0.1) is 12.1 Å². The number of carbonyl (C=O) groups excluding carboxylic acids is 1. The summed E-state index contributed by atoms with van der Waals surface area (Å²) in [6.45, 7) is 5.50. The number of amides is 1. The van der Waals surface area contributed by atoms with Gasteiger partial charge in [-0.1, -0.05) is 40.2 Å². The van der Waals surface area contributed by atoms with E-state index in [4.69, 9.17) is 5.73 Å². The van der Waals surface area contributed by atoms with Crippen molar-refractivity contribution in [1.29, 1.82) is 0 Å². The minimum atomic E-state index is -0.530. The Morgan fingerprint density at radius 2 is 2.24 bits per heavy atom. The Bertz CT molecular complexity index is 406. The van der Waals surface area contributed by atoms with Crippen LogP contribution < -0.4 is 11.1 Å². The van der Waals surface area contributed by atoms with E-state index >= 15 is 0 Å². The highest BCUT2D eigenvalue weighted by Crippen LogP contribution is 2.22. The topological polar surface area (TPSA) is 55.1 Å². The first-order valence-electron chi connectivity index (χ1n) is 5.47. The van der Waals surface area contributed by atoms with Gasteiger partial charge in [-0.15, -0.1) is 6.58 Å². The molecule has 3 nitrogen and oxygen atoms in total. The lowest BCUT2D eigenvalue weighted by atomic mass is 10.1. The molecule has 2 atom stereocenters. The van der Waals surface area contributed by atoms with Crippen LogP contribution in [0.1, 0.15) is 24.9 Å². The Kier molecular flexibility index (Phi) is 5.38. The van der Waals surface area contributed by atoms with E-state index in [9.17, 15) is 4.79 Å². The molecule has 0 spiro atoms. The highest BCUT2D eigenvalue weighted by molar-refractivity contribution is 9.10. The first-order chi connectivity index (χ1) is 8.06.